The van der Waals surface area contributed by atoms with Crippen molar-refractivity contribution in [1.82, 2.24) is 19.5 Å². The van der Waals surface area contributed by atoms with E-state index < -0.39 is 20.2 Å². The Labute approximate surface area is 125 Å². The number of nitrogens with zero attached hydrogens (tertiary/aromatic N) is 4. The number of carbonyl (C=O) groups is 1. The van der Waals surface area contributed by atoms with Crippen LogP contribution in [-0.4, -0.2) is 52.8 Å². The van der Waals surface area contributed by atoms with E-state index in [9.17, 15) is 4.79 Å². The van der Waals surface area contributed by atoms with Gasteiger partial charge in [0.1, 0.15) is 11.8 Å². The zero-order valence-electron chi connectivity index (χ0n) is 11.3. The summed E-state index contributed by atoms with van der Waals surface area (Å²) >= 11 is 0. The topological polar surface area (TPSA) is 157 Å². The van der Waals surface area contributed by atoms with E-state index in [4.69, 9.17) is 25.4 Å². The van der Waals surface area contributed by atoms with E-state index in [-0.39, 0.29) is 6.61 Å². The highest BCUT2D eigenvalue weighted by molar-refractivity contribution is 7.46. The predicted molar refractivity (Wildman–Crippen MR) is 77.6 cm³/mol. The van der Waals surface area contributed by atoms with Gasteiger partial charge in [0, 0.05) is 6.54 Å². The largest absolute Gasteiger partial charge is 0.479 e. The molecule has 1 atom stereocenters. The van der Waals surface area contributed by atoms with Crippen molar-refractivity contribution in [2.45, 2.75) is 12.4 Å². The lowest BCUT2D eigenvalue weighted by molar-refractivity contribution is -0.144. The summed E-state index contributed by atoms with van der Waals surface area (Å²) < 4.78 is 6.59. The molecule has 0 aliphatic carbocycles. The standard InChI is InChI=1S/C11H14N5O5P/c12-8-7-9(14-5-13-8)16(6-15-7)3-1-2-4-21-11(10(17)18)22(19)20/h1-2,5-6,11,19-20H,3-4H2,(H,17,18)(H2,12,13,14)/b2-1-. The van der Waals surface area contributed by atoms with Gasteiger partial charge in [-0.2, -0.15) is 0 Å². The van der Waals surface area contributed by atoms with Crippen molar-refractivity contribution in [2.24, 2.45) is 0 Å². The first-order valence-electron chi connectivity index (χ1n) is 6.08. The Morgan fingerprint density at radius 1 is 1.41 bits per heavy atom. The van der Waals surface area contributed by atoms with Gasteiger partial charge in [-0.1, -0.05) is 12.2 Å². The SMILES string of the molecule is Nc1ncnc2c1ncn2C/C=C\COC(C(=O)O)P(O)O. The number of aromatic nitrogens is 4. The van der Waals surface area contributed by atoms with Crippen LogP contribution >= 0.6 is 8.38 Å². The number of nitrogen functional groups attached to an aromatic ring is 1. The number of anilines is 1. The van der Waals surface area contributed by atoms with Crippen LogP contribution in [0.3, 0.4) is 0 Å². The smallest absolute Gasteiger partial charge is 0.342 e. The van der Waals surface area contributed by atoms with Crippen LogP contribution < -0.4 is 5.73 Å². The zero-order valence-corrected chi connectivity index (χ0v) is 12.2. The van der Waals surface area contributed by atoms with E-state index in [2.05, 4.69) is 15.0 Å². The molecule has 11 heteroatoms. The average molecular weight is 327 g/mol. The van der Waals surface area contributed by atoms with Crippen LogP contribution in [0.2, 0.25) is 0 Å². The average Bonchev–Trinajstić information content (AvgIpc) is 2.86. The third kappa shape index (κ3) is 3.74. The summed E-state index contributed by atoms with van der Waals surface area (Å²) in [6, 6.07) is 0. The number of carboxylic acid groups (broad SMARTS) is 1. The molecule has 0 saturated heterocycles. The second-order valence-electron chi connectivity index (χ2n) is 4.14. The third-order valence-corrected chi connectivity index (χ3v) is 3.46. The van der Waals surface area contributed by atoms with E-state index in [0.29, 0.717) is 23.5 Å². The van der Waals surface area contributed by atoms with Gasteiger partial charge in [-0.05, 0) is 0 Å². The lowest BCUT2D eigenvalue weighted by Gasteiger charge is -2.12. The van der Waals surface area contributed by atoms with Gasteiger partial charge in [0.2, 0.25) is 14.2 Å². The summed E-state index contributed by atoms with van der Waals surface area (Å²) in [5, 5.41) is 8.70. The monoisotopic (exact) mass is 327 g/mol. The quantitative estimate of drug-likeness (QED) is 0.395. The maximum atomic E-state index is 10.7. The molecule has 22 heavy (non-hydrogen) atoms. The Bertz CT molecular complexity index is 689. The van der Waals surface area contributed by atoms with Gasteiger partial charge in [0.05, 0.1) is 12.9 Å². The number of fused-ring (bicyclic) bond motifs is 1. The van der Waals surface area contributed by atoms with Crippen molar-refractivity contribution in [1.29, 1.82) is 0 Å². The molecule has 0 amide bonds. The van der Waals surface area contributed by atoms with Crippen molar-refractivity contribution in [3.05, 3.63) is 24.8 Å². The fraction of sp³-hybridized carbons (Fsp3) is 0.273. The first kappa shape index (κ1) is 16.2. The van der Waals surface area contributed by atoms with Crippen molar-refractivity contribution < 1.29 is 24.4 Å². The van der Waals surface area contributed by atoms with Gasteiger partial charge in [-0.3, -0.25) is 0 Å². The Balaban J connectivity index is 1.92. The molecule has 2 aromatic rings. The van der Waals surface area contributed by atoms with Crippen molar-refractivity contribution in [3.8, 4) is 0 Å². The van der Waals surface area contributed by atoms with Crippen LogP contribution in [0.4, 0.5) is 5.82 Å². The lowest BCUT2D eigenvalue weighted by atomic mass is 10.4. The molecule has 2 rings (SSSR count). The number of ether oxygens (including phenoxy) is 1. The van der Waals surface area contributed by atoms with E-state index in [1.54, 1.807) is 23.0 Å². The van der Waals surface area contributed by atoms with E-state index in [1.165, 1.54) is 6.33 Å². The second kappa shape index (κ2) is 7.23. The summed E-state index contributed by atoms with van der Waals surface area (Å²) in [7, 11) is -2.69. The van der Waals surface area contributed by atoms with Gasteiger partial charge in [-0.25, -0.2) is 19.7 Å². The number of hydrogen-bond acceptors (Lipinski definition) is 8. The van der Waals surface area contributed by atoms with Gasteiger partial charge < -0.3 is 29.9 Å². The molecule has 0 fully saturated rings. The molecule has 2 aromatic heterocycles. The Morgan fingerprint density at radius 2 is 2.18 bits per heavy atom. The summed E-state index contributed by atoms with van der Waals surface area (Å²) in [6.45, 7) is 0.349. The molecule has 0 saturated carbocycles. The number of nitrogens with two attached hydrogens (primary N) is 1. The van der Waals surface area contributed by atoms with Crippen LogP contribution in [0, 0.1) is 0 Å². The minimum absolute atomic E-state index is 0.0688. The van der Waals surface area contributed by atoms with Gasteiger partial charge in [0.25, 0.3) is 0 Å². The normalized spacial score (nSPS) is 13.2. The van der Waals surface area contributed by atoms with E-state index in [0.717, 1.165) is 0 Å². The minimum atomic E-state index is -2.69. The number of hydrogen-bond donors (Lipinski definition) is 4. The zero-order chi connectivity index (χ0) is 16.1. The fourth-order valence-electron chi connectivity index (χ4n) is 1.67. The summed E-state index contributed by atoms with van der Waals surface area (Å²) in [5.41, 5.74) is 6.75. The number of rotatable bonds is 7. The van der Waals surface area contributed by atoms with Crippen LogP contribution in [0.25, 0.3) is 11.2 Å². The van der Waals surface area contributed by atoms with Crippen molar-refractivity contribution in [3.63, 3.8) is 0 Å². The Kier molecular flexibility index (Phi) is 5.34. The number of imidazole rings is 1. The van der Waals surface area contributed by atoms with Crippen LogP contribution in [0.1, 0.15) is 0 Å². The van der Waals surface area contributed by atoms with Crippen LogP contribution in [0.15, 0.2) is 24.8 Å². The maximum absolute atomic E-state index is 10.7. The minimum Gasteiger partial charge on any atom is -0.479 e. The maximum Gasteiger partial charge on any atom is 0.342 e. The van der Waals surface area contributed by atoms with Gasteiger partial charge in [0.15, 0.2) is 11.5 Å². The molecule has 10 nitrogen and oxygen atoms in total. The first-order valence-corrected chi connectivity index (χ1v) is 7.40. The van der Waals surface area contributed by atoms with Crippen LogP contribution in [-0.2, 0) is 16.1 Å². The summed E-state index contributed by atoms with van der Waals surface area (Å²) in [4.78, 5) is 40.5. The Morgan fingerprint density at radius 3 is 2.86 bits per heavy atom. The van der Waals surface area contributed by atoms with Crippen molar-refractivity contribution in [2.75, 3.05) is 12.3 Å². The molecule has 0 radical (unpaired) electrons. The van der Waals surface area contributed by atoms with Crippen LogP contribution in [0.5, 0.6) is 0 Å². The van der Waals surface area contributed by atoms with E-state index in [1.807, 2.05) is 0 Å². The highest BCUT2D eigenvalue weighted by atomic mass is 31.2. The predicted octanol–water partition coefficient (Wildman–Crippen LogP) is -0.312. The molecule has 5 N–H and O–H groups in total. The summed E-state index contributed by atoms with van der Waals surface area (Å²) in [6.07, 6.45) is 6.16. The first-order chi connectivity index (χ1) is 10.5. The molecular weight excluding hydrogens is 313 g/mol. The molecule has 0 aliphatic rings. The molecule has 118 valence electrons. The Hall–Kier alpha value is -2.13. The molecule has 2 heterocycles. The highest BCUT2D eigenvalue weighted by Gasteiger charge is 2.26. The second-order valence-corrected chi connectivity index (χ2v) is 5.25. The highest BCUT2D eigenvalue weighted by Crippen LogP contribution is 2.31. The number of aliphatic carboxylic acids is 1. The third-order valence-electron chi connectivity index (χ3n) is 2.67. The molecule has 0 bridgehead atoms. The van der Waals surface area contributed by atoms with Gasteiger partial charge in [-0.15, -0.1) is 0 Å². The molecular formula is C11H14N5O5P. The van der Waals surface area contributed by atoms with Crippen molar-refractivity contribution >= 4 is 31.3 Å². The van der Waals surface area contributed by atoms with Gasteiger partial charge >= 0.3 is 5.97 Å². The molecule has 1 unspecified atom stereocenters. The molecule has 0 aromatic carbocycles. The fourth-order valence-corrected chi connectivity index (χ4v) is 2.09. The lowest BCUT2D eigenvalue weighted by Crippen LogP contribution is -2.21. The summed E-state index contributed by atoms with van der Waals surface area (Å²) in [5.74, 6) is -2.75. The number of carboxylic acids is 1. The molecule has 0 aliphatic heterocycles. The molecule has 0 spiro atoms. The number of allylic oxidation sites excluding steroid dienone is 1. The van der Waals surface area contributed by atoms with E-state index >= 15 is 0 Å².